The SMILES string of the molecule is CC(N)C(C)C(=O)Nc1cccnc1N1CCOCC1. The minimum absolute atomic E-state index is 0.0810. The normalized spacial score (nSPS) is 18.4. The number of morpholine rings is 1. The monoisotopic (exact) mass is 278 g/mol. The van der Waals surface area contributed by atoms with Crippen LogP contribution in [0.5, 0.6) is 0 Å². The summed E-state index contributed by atoms with van der Waals surface area (Å²) in [5, 5.41) is 2.93. The molecule has 0 bridgehead atoms. The van der Waals surface area contributed by atoms with Crippen LogP contribution in [-0.2, 0) is 9.53 Å². The van der Waals surface area contributed by atoms with Gasteiger partial charge in [0, 0.05) is 25.3 Å². The van der Waals surface area contributed by atoms with Crippen LogP contribution in [0.25, 0.3) is 0 Å². The highest BCUT2D eigenvalue weighted by molar-refractivity contribution is 5.95. The molecule has 6 nitrogen and oxygen atoms in total. The first-order valence-corrected chi connectivity index (χ1v) is 6.93. The molecule has 1 amide bonds. The third-order valence-corrected chi connectivity index (χ3v) is 3.56. The van der Waals surface area contributed by atoms with Gasteiger partial charge in [-0.1, -0.05) is 6.92 Å². The molecular weight excluding hydrogens is 256 g/mol. The standard InChI is InChI=1S/C14H22N4O2/c1-10(11(2)15)14(19)17-12-4-3-5-16-13(12)18-6-8-20-9-7-18/h3-5,10-11H,6-9,15H2,1-2H3,(H,17,19). The van der Waals surface area contributed by atoms with Gasteiger partial charge in [0.2, 0.25) is 5.91 Å². The number of rotatable bonds is 4. The van der Waals surface area contributed by atoms with Crippen molar-refractivity contribution in [2.45, 2.75) is 19.9 Å². The van der Waals surface area contributed by atoms with Gasteiger partial charge in [-0.2, -0.15) is 0 Å². The summed E-state index contributed by atoms with van der Waals surface area (Å²) >= 11 is 0. The van der Waals surface area contributed by atoms with Crippen molar-refractivity contribution < 1.29 is 9.53 Å². The third kappa shape index (κ3) is 3.46. The number of nitrogens with two attached hydrogens (primary N) is 1. The van der Waals surface area contributed by atoms with E-state index in [0.29, 0.717) is 13.2 Å². The Kier molecular flexibility index (Phi) is 4.92. The van der Waals surface area contributed by atoms with Crippen LogP contribution in [0.2, 0.25) is 0 Å². The molecule has 1 aromatic heterocycles. The molecule has 0 spiro atoms. The second-order valence-corrected chi connectivity index (χ2v) is 5.11. The van der Waals surface area contributed by atoms with Crippen molar-refractivity contribution in [3.63, 3.8) is 0 Å². The summed E-state index contributed by atoms with van der Waals surface area (Å²) in [6.45, 7) is 6.58. The highest BCUT2D eigenvalue weighted by Crippen LogP contribution is 2.24. The number of nitrogens with zero attached hydrogens (tertiary/aromatic N) is 2. The van der Waals surface area contributed by atoms with Gasteiger partial charge in [-0.15, -0.1) is 0 Å². The summed E-state index contributed by atoms with van der Waals surface area (Å²) in [6, 6.07) is 3.50. The number of carbonyl (C=O) groups excluding carboxylic acids is 1. The Morgan fingerprint density at radius 1 is 1.45 bits per heavy atom. The Labute approximate surface area is 119 Å². The van der Waals surface area contributed by atoms with Crippen molar-refractivity contribution in [2.75, 3.05) is 36.5 Å². The minimum Gasteiger partial charge on any atom is -0.378 e. The van der Waals surface area contributed by atoms with Crippen LogP contribution >= 0.6 is 0 Å². The highest BCUT2D eigenvalue weighted by atomic mass is 16.5. The molecule has 0 aromatic carbocycles. The molecule has 20 heavy (non-hydrogen) atoms. The third-order valence-electron chi connectivity index (χ3n) is 3.56. The van der Waals surface area contributed by atoms with E-state index in [1.54, 1.807) is 6.20 Å². The molecular formula is C14H22N4O2. The average Bonchev–Trinajstić information content (AvgIpc) is 2.47. The predicted octanol–water partition coefficient (Wildman–Crippen LogP) is 0.840. The summed E-state index contributed by atoms with van der Waals surface area (Å²) in [7, 11) is 0. The van der Waals surface area contributed by atoms with Crippen molar-refractivity contribution in [1.82, 2.24) is 4.98 Å². The van der Waals surface area contributed by atoms with Gasteiger partial charge in [0.05, 0.1) is 24.8 Å². The minimum atomic E-state index is -0.243. The summed E-state index contributed by atoms with van der Waals surface area (Å²) in [5.41, 5.74) is 6.50. The van der Waals surface area contributed by atoms with Crippen LogP contribution in [0.4, 0.5) is 11.5 Å². The predicted molar refractivity (Wildman–Crippen MR) is 78.7 cm³/mol. The molecule has 1 saturated heterocycles. The first-order valence-electron chi connectivity index (χ1n) is 6.93. The molecule has 2 heterocycles. The maximum absolute atomic E-state index is 12.1. The van der Waals surface area contributed by atoms with Gasteiger partial charge in [0.25, 0.3) is 0 Å². The Morgan fingerprint density at radius 3 is 2.80 bits per heavy atom. The molecule has 1 aromatic rings. The molecule has 0 saturated carbocycles. The van der Waals surface area contributed by atoms with E-state index in [9.17, 15) is 4.79 Å². The maximum atomic E-state index is 12.1. The largest absolute Gasteiger partial charge is 0.378 e. The number of carbonyl (C=O) groups is 1. The van der Waals surface area contributed by atoms with Crippen LogP contribution in [0.15, 0.2) is 18.3 Å². The van der Waals surface area contributed by atoms with Gasteiger partial charge in [0.15, 0.2) is 5.82 Å². The number of pyridine rings is 1. The zero-order valence-corrected chi connectivity index (χ0v) is 12.0. The number of ether oxygens (including phenoxy) is 1. The summed E-state index contributed by atoms with van der Waals surface area (Å²) in [4.78, 5) is 18.6. The smallest absolute Gasteiger partial charge is 0.228 e. The van der Waals surface area contributed by atoms with E-state index in [1.165, 1.54) is 0 Å². The van der Waals surface area contributed by atoms with Gasteiger partial charge in [-0.25, -0.2) is 4.98 Å². The second-order valence-electron chi connectivity index (χ2n) is 5.11. The zero-order chi connectivity index (χ0) is 14.5. The summed E-state index contributed by atoms with van der Waals surface area (Å²) in [6.07, 6.45) is 1.73. The highest BCUT2D eigenvalue weighted by Gasteiger charge is 2.21. The molecule has 6 heteroatoms. The molecule has 110 valence electrons. The van der Waals surface area contributed by atoms with Gasteiger partial charge in [0.1, 0.15) is 0 Å². The quantitative estimate of drug-likeness (QED) is 0.853. The van der Waals surface area contributed by atoms with Gasteiger partial charge in [-0.3, -0.25) is 4.79 Å². The Balaban J connectivity index is 2.13. The number of nitrogens with one attached hydrogen (secondary N) is 1. The van der Waals surface area contributed by atoms with E-state index >= 15 is 0 Å². The van der Waals surface area contributed by atoms with Crippen LogP contribution in [0.3, 0.4) is 0 Å². The maximum Gasteiger partial charge on any atom is 0.228 e. The fourth-order valence-corrected chi connectivity index (χ4v) is 2.01. The number of amides is 1. The van der Waals surface area contributed by atoms with E-state index in [-0.39, 0.29) is 17.9 Å². The fraction of sp³-hybridized carbons (Fsp3) is 0.571. The van der Waals surface area contributed by atoms with Crippen molar-refractivity contribution in [3.05, 3.63) is 18.3 Å². The summed E-state index contributed by atoms with van der Waals surface area (Å²) < 4.78 is 5.34. The lowest BCUT2D eigenvalue weighted by atomic mass is 10.0. The molecule has 1 fully saturated rings. The van der Waals surface area contributed by atoms with Crippen LogP contribution < -0.4 is 16.0 Å². The van der Waals surface area contributed by atoms with Gasteiger partial charge < -0.3 is 20.7 Å². The van der Waals surface area contributed by atoms with E-state index in [1.807, 2.05) is 26.0 Å². The number of hydrogen-bond acceptors (Lipinski definition) is 5. The second kappa shape index (κ2) is 6.67. The lowest BCUT2D eigenvalue weighted by molar-refractivity contribution is -0.119. The van der Waals surface area contributed by atoms with Crippen molar-refractivity contribution in [1.29, 1.82) is 0 Å². The first-order chi connectivity index (χ1) is 9.59. The molecule has 0 aliphatic carbocycles. The van der Waals surface area contributed by atoms with E-state index in [0.717, 1.165) is 24.6 Å². The summed E-state index contributed by atoms with van der Waals surface area (Å²) in [5.74, 6) is 0.469. The van der Waals surface area contributed by atoms with Crippen molar-refractivity contribution in [2.24, 2.45) is 11.7 Å². The van der Waals surface area contributed by atoms with Gasteiger partial charge in [-0.05, 0) is 19.1 Å². The van der Waals surface area contributed by atoms with Crippen LogP contribution in [0.1, 0.15) is 13.8 Å². The molecule has 2 atom stereocenters. The number of aromatic nitrogens is 1. The molecule has 2 rings (SSSR count). The van der Waals surface area contributed by atoms with Crippen molar-refractivity contribution in [3.8, 4) is 0 Å². The van der Waals surface area contributed by atoms with Crippen LogP contribution in [-0.4, -0.2) is 43.2 Å². The Hall–Kier alpha value is -1.66. The average molecular weight is 278 g/mol. The van der Waals surface area contributed by atoms with E-state index in [2.05, 4.69) is 15.2 Å². The number of anilines is 2. The topological polar surface area (TPSA) is 80.5 Å². The van der Waals surface area contributed by atoms with Crippen molar-refractivity contribution >= 4 is 17.4 Å². The number of hydrogen-bond donors (Lipinski definition) is 2. The first kappa shape index (κ1) is 14.7. The lowest BCUT2D eigenvalue weighted by Crippen LogP contribution is -2.38. The molecule has 1 aliphatic heterocycles. The Bertz CT molecular complexity index is 458. The molecule has 2 unspecified atom stereocenters. The van der Waals surface area contributed by atoms with E-state index in [4.69, 9.17) is 10.5 Å². The fourth-order valence-electron chi connectivity index (χ4n) is 2.01. The molecule has 0 radical (unpaired) electrons. The zero-order valence-electron chi connectivity index (χ0n) is 12.0. The molecule has 1 aliphatic rings. The Morgan fingerprint density at radius 2 is 2.15 bits per heavy atom. The van der Waals surface area contributed by atoms with Gasteiger partial charge >= 0.3 is 0 Å². The van der Waals surface area contributed by atoms with E-state index < -0.39 is 0 Å². The van der Waals surface area contributed by atoms with Crippen LogP contribution in [0, 0.1) is 5.92 Å². The lowest BCUT2D eigenvalue weighted by Gasteiger charge is -2.29. The molecule has 3 N–H and O–H groups in total.